The van der Waals surface area contributed by atoms with Gasteiger partial charge in [-0.15, -0.1) is 0 Å². The summed E-state index contributed by atoms with van der Waals surface area (Å²) < 4.78 is 2.56. The lowest BCUT2D eigenvalue weighted by atomic mass is 10.2. The molecule has 2 rings (SSSR count). The molecule has 0 aliphatic carbocycles. The van der Waals surface area contributed by atoms with E-state index in [1.165, 1.54) is 0 Å². The Labute approximate surface area is 93.9 Å². The summed E-state index contributed by atoms with van der Waals surface area (Å²) in [6, 6.07) is 0. The standard InChI is InChI=1S/C9H8BrN3O2/c10-7-3-11-5-13-4-6(12-9(7)13)1-2-8(14)15/h3-5H,1-2H2,(H,14,15). The zero-order chi connectivity index (χ0) is 10.8. The molecule has 0 atom stereocenters. The number of carboxylic acids is 1. The summed E-state index contributed by atoms with van der Waals surface area (Å²) in [6.45, 7) is 0. The van der Waals surface area contributed by atoms with E-state index < -0.39 is 5.97 Å². The number of imidazole rings is 1. The number of nitrogens with zero attached hydrogens (tertiary/aromatic N) is 3. The highest BCUT2D eigenvalue weighted by molar-refractivity contribution is 9.10. The number of hydrogen-bond donors (Lipinski definition) is 1. The summed E-state index contributed by atoms with van der Waals surface area (Å²) in [4.78, 5) is 18.7. The zero-order valence-electron chi connectivity index (χ0n) is 7.72. The lowest BCUT2D eigenvalue weighted by Gasteiger charge is -1.91. The minimum atomic E-state index is -0.816. The van der Waals surface area contributed by atoms with Crippen molar-refractivity contribution >= 4 is 27.5 Å². The van der Waals surface area contributed by atoms with Gasteiger partial charge in [-0.25, -0.2) is 9.97 Å². The van der Waals surface area contributed by atoms with Crippen molar-refractivity contribution in [2.45, 2.75) is 12.8 Å². The van der Waals surface area contributed by atoms with Gasteiger partial charge in [-0.1, -0.05) is 0 Å². The lowest BCUT2D eigenvalue weighted by Crippen LogP contribution is -1.97. The van der Waals surface area contributed by atoms with Gasteiger partial charge >= 0.3 is 5.97 Å². The SMILES string of the molecule is O=C(O)CCc1cn2cncc(Br)c2n1. The third-order valence-electron chi connectivity index (χ3n) is 1.97. The summed E-state index contributed by atoms with van der Waals surface area (Å²) in [7, 11) is 0. The van der Waals surface area contributed by atoms with Crippen LogP contribution < -0.4 is 0 Å². The van der Waals surface area contributed by atoms with E-state index in [0.717, 1.165) is 15.8 Å². The molecule has 15 heavy (non-hydrogen) atoms. The van der Waals surface area contributed by atoms with E-state index in [1.807, 2.05) is 0 Å². The average Bonchev–Trinajstić information content (AvgIpc) is 2.59. The van der Waals surface area contributed by atoms with Gasteiger partial charge in [0.05, 0.1) is 16.6 Å². The molecule has 0 aliphatic heterocycles. The average molecular weight is 270 g/mol. The lowest BCUT2D eigenvalue weighted by molar-refractivity contribution is -0.136. The molecule has 0 aliphatic rings. The Bertz CT molecular complexity index is 509. The second kappa shape index (κ2) is 3.98. The van der Waals surface area contributed by atoms with Crippen molar-refractivity contribution in [2.75, 3.05) is 0 Å². The van der Waals surface area contributed by atoms with Crippen LogP contribution in [0, 0.1) is 0 Å². The quantitative estimate of drug-likeness (QED) is 0.917. The Morgan fingerprint density at radius 3 is 3.07 bits per heavy atom. The van der Waals surface area contributed by atoms with E-state index in [-0.39, 0.29) is 6.42 Å². The molecule has 0 amide bonds. The van der Waals surface area contributed by atoms with Crippen molar-refractivity contribution in [1.29, 1.82) is 0 Å². The van der Waals surface area contributed by atoms with Crippen LogP contribution >= 0.6 is 15.9 Å². The minimum Gasteiger partial charge on any atom is -0.481 e. The van der Waals surface area contributed by atoms with Crippen molar-refractivity contribution in [3.63, 3.8) is 0 Å². The van der Waals surface area contributed by atoms with Gasteiger partial charge in [-0.05, 0) is 15.9 Å². The molecule has 78 valence electrons. The first-order valence-corrected chi connectivity index (χ1v) is 5.15. The second-order valence-electron chi connectivity index (χ2n) is 3.10. The van der Waals surface area contributed by atoms with Gasteiger partial charge in [0.2, 0.25) is 0 Å². The maximum Gasteiger partial charge on any atom is 0.303 e. The first-order valence-electron chi connectivity index (χ1n) is 4.35. The second-order valence-corrected chi connectivity index (χ2v) is 3.95. The van der Waals surface area contributed by atoms with E-state index in [2.05, 4.69) is 25.9 Å². The van der Waals surface area contributed by atoms with Crippen LogP contribution in [-0.2, 0) is 11.2 Å². The summed E-state index contributed by atoms with van der Waals surface area (Å²) >= 11 is 3.33. The molecule has 0 spiro atoms. The van der Waals surface area contributed by atoms with Gasteiger partial charge in [0.15, 0.2) is 5.65 Å². The molecule has 0 saturated carbocycles. The van der Waals surface area contributed by atoms with E-state index in [1.54, 1.807) is 23.1 Å². The van der Waals surface area contributed by atoms with Crippen molar-refractivity contribution in [2.24, 2.45) is 0 Å². The van der Waals surface area contributed by atoms with Gasteiger partial charge in [-0.2, -0.15) is 0 Å². The minimum absolute atomic E-state index is 0.0922. The zero-order valence-corrected chi connectivity index (χ0v) is 9.31. The molecule has 6 heteroatoms. The Balaban J connectivity index is 2.31. The predicted molar refractivity (Wildman–Crippen MR) is 56.6 cm³/mol. The van der Waals surface area contributed by atoms with E-state index in [9.17, 15) is 4.79 Å². The van der Waals surface area contributed by atoms with Crippen molar-refractivity contribution in [1.82, 2.24) is 14.4 Å². The highest BCUT2D eigenvalue weighted by atomic mass is 79.9. The molecule has 0 bridgehead atoms. The third-order valence-corrected chi connectivity index (χ3v) is 2.53. The van der Waals surface area contributed by atoms with Crippen LogP contribution in [-0.4, -0.2) is 25.4 Å². The number of carbonyl (C=O) groups is 1. The van der Waals surface area contributed by atoms with Gasteiger partial charge < -0.3 is 5.11 Å². The number of halogens is 1. The van der Waals surface area contributed by atoms with Crippen molar-refractivity contribution in [3.05, 3.63) is 28.9 Å². The molecule has 0 aromatic carbocycles. The van der Waals surface area contributed by atoms with Gasteiger partial charge in [-0.3, -0.25) is 9.20 Å². The van der Waals surface area contributed by atoms with Gasteiger partial charge in [0.1, 0.15) is 6.33 Å². The topological polar surface area (TPSA) is 67.5 Å². The first kappa shape index (κ1) is 10.1. The molecule has 1 N–H and O–H groups in total. The molecule has 0 unspecified atom stereocenters. The largest absolute Gasteiger partial charge is 0.481 e. The van der Waals surface area contributed by atoms with Crippen LogP contribution in [0.25, 0.3) is 5.65 Å². The number of aryl methyl sites for hydroxylation is 1. The number of hydrogen-bond acceptors (Lipinski definition) is 3. The highest BCUT2D eigenvalue weighted by Crippen LogP contribution is 2.16. The Kier molecular flexibility index (Phi) is 2.68. The fourth-order valence-electron chi connectivity index (χ4n) is 1.29. The van der Waals surface area contributed by atoms with Crippen molar-refractivity contribution < 1.29 is 9.90 Å². The molecule has 2 aromatic heterocycles. The van der Waals surface area contributed by atoms with E-state index in [0.29, 0.717) is 6.42 Å². The van der Waals surface area contributed by atoms with Crippen LogP contribution in [0.3, 0.4) is 0 Å². The van der Waals surface area contributed by atoms with Crippen LogP contribution in [0.4, 0.5) is 0 Å². The van der Waals surface area contributed by atoms with E-state index >= 15 is 0 Å². The van der Waals surface area contributed by atoms with Gasteiger partial charge in [0, 0.05) is 18.8 Å². The number of rotatable bonds is 3. The summed E-state index contributed by atoms with van der Waals surface area (Å²) in [5.74, 6) is -0.816. The van der Waals surface area contributed by atoms with E-state index in [4.69, 9.17) is 5.11 Å². The Morgan fingerprint density at radius 1 is 1.60 bits per heavy atom. The smallest absolute Gasteiger partial charge is 0.303 e. The molecule has 0 radical (unpaired) electrons. The van der Waals surface area contributed by atoms with Crippen LogP contribution in [0.2, 0.25) is 0 Å². The molecule has 5 nitrogen and oxygen atoms in total. The first-order chi connectivity index (χ1) is 7.16. The number of aliphatic carboxylic acids is 1. The molecule has 2 aromatic rings. The predicted octanol–water partition coefficient (Wildman–Crippen LogP) is 1.51. The van der Waals surface area contributed by atoms with Crippen LogP contribution in [0.5, 0.6) is 0 Å². The third kappa shape index (κ3) is 2.15. The summed E-state index contributed by atoms with van der Waals surface area (Å²) in [5.41, 5.74) is 1.51. The van der Waals surface area contributed by atoms with Crippen molar-refractivity contribution in [3.8, 4) is 0 Å². The summed E-state index contributed by atoms with van der Waals surface area (Å²) in [6.07, 6.45) is 5.61. The number of aromatic nitrogens is 3. The Hall–Kier alpha value is -1.43. The summed E-state index contributed by atoms with van der Waals surface area (Å²) in [5, 5.41) is 8.55. The molecular weight excluding hydrogens is 262 g/mol. The van der Waals surface area contributed by atoms with Crippen LogP contribution in [0.1, 0.15) is 12.1 Å². The van der Waals surface area contributed by atoms with Crippen LogP contribution in [0.15, 0.2) is 23.2 Å². The number of fused-ring (bicyclic) bond motifs is 1. The maximum absolute atomic E-state index is 10.4. The molecular formula is C9H8BrN3O2. The fraction of sp³-hybridized carbons (Fsp3) is 0.222. The number of carboxylic acid groups (broad SMARTS) is 1. The monoisotopic (exact) mass is 269 g/mol. The molecule has 2 heterocycles. The normalized spacial score (nSPS) is 10.7. The fourth-order valence-corrected chi connectivity index (χ4v) is 1.70. The Morgan fingerprint density at radius 2 is 2.40 bits per heavy atom. The molecule has 0 saturated heterocycles. The maximum atomic E-state index is 10.4. The van der Waals surface area contributed by atoms with Gasteiger partial charge in [0.25, 0.3) is 0 Å². The molecule has 0 fully saturated rings. The highest BCUT2D eigenvalue weighted by Gasteiger charge is 2.06.